The minimum Gasteiger partial charge on any atom is -0.379 e. The zero-order chi connectivity index (χ0) is 22.1. The molecule has 0 saturated carbocycles. The first-order chi connectivity index (χ1) is 14.7. The first-order valence-electron chi connectivity index (χ1n) is 13.9. The van der Waals surface area contributed by atoms with Crippen LogP contribution in [0.4, 0.5) is 0 Å². The topological polar surface area (TPSA) is 18.5 Å². The van der Waals surface area contributed by atoms with E-state index in [1.807, 2.05) is 0 Å². The van der Waals surface area contributed by atoms with Gasteiger partial charge in [0.1, 0.15) is 0 Å². The van der Waals surface area contributed by atoms with Crippen LogP contribution in [0, 0.1) is 5.92 Å². The van der Waals surface area contributed by atoms with Crippen molar-refractivity contribution in [2.45, 2.75) is 156 Å². The van der Waals surface area contributed by atoms with Crippen molar-refractivity contribution in [1.82, 2.24) is 0 Å². The van der Waals surface area contributed by atoms with Crippen LogP contribution in [0.5, 0.6) is 0 Å². The van der Waals surface area contributed by atoms with Gasteiger partial charge in [-0.05, 0) is 25.2 Å². The van der Waals surface area contributed by atoms with Crippen molar-refractivity contribution in [3.63, 3.8) is 0 Å². The van der Waals surface area contributed by atoms with Crippen LogP contribution in [-0.4, -0.2) is 25.9 Å². The van der Waals surface area contributed by atoms with E-state index in [-0.39, 0.29) is 0 Å². The van der Waals surface area contributed by atoms with Crippen molar-refractivity contribution in [2.24, 2.45) is 5.92 Å². The molecule has 0 heterocycles. The summed E-state index contributed by atoms with van der Waals surface area (Å²) >= 11 is 0. The second-order valence-electron chi connectivity index (χ2n) is 9.84. The minimum atomic E-state index is 0.312. The SMILES string of the molecule is CCCCOC(CCC)COCCCCCCCCCCCCCCCCC(C)C. The lowest BCUT2D eigenvalue weighted by Gasteiger charge is -2.17. The van der Waals surface area contributed by atoms with Gasteiger partial charge in [-0.25, -0.2) is 0 Å². The van der Waals surface area contributed by atoms with Crippen LogP contribution >= 0.6 is 0 Å². The zero-order valence-corrected chi connectivity index (χ0v) is 21.5. The Kier molecular flexibility index (Phi) is 25.1. The summed E-state index contributed by atoms with van der Waals surface area (Å²) in [4.78, 5) is 0. The molecule has 0 amide bonds. The highest BCUT2D eigenvalue weighted by atomic mass is 16.5. The van der Waals surface area contributed by atoms with Gasteiger partial charge >= 0.3 is 0 Å². The fourth-order valence-corrected chi connectivity index (χ4v) is 4.02. The standard InChI is InChI=1S/C28H58O2/c1-5-7-25-30-28(22-6-2)26-29-24-21-19-17-15-13-11-9-8-10-12-14-16-18-20-23-27(3)4/h27-28H,5-26H2,1-4H3. The van der Waals surface area contributed by atoms with E-state index in [0.717, 1.165) is 32.2 Å². The molecule has 0 aliphatic heterocycles. The van der Waals surface area contributed by atoms with Gasteiger partial charge in [0.2, 0.25) is 0 Å². The first kappa shape index (κ1) is 29.9. The summed E-state index contributed by atoms with van der Waals surface area (Å²) in [5.41, 5.74) is 0. The van der Waals surface area contributed by atoms with E-state index in [2.05, 4.69) is 27.7 Å². The van der Waals surface area contributed by atoms with E-state index in [1.165, 1.54) is 116 Å². The lowest BCUT2D eigenvalue weighted by atomic mass is 10.0. The predicted octanol–water partition coefficient (Wildman–Crippen LogP) is 9.50. The summed E-state index contributed by atoms with van der Waals surface area (Å²) in [5.74, 6) is 0.886. The van der Waals surface area contributed by atoms with Gasteiger partial charge in [-0.3, -0.25) is 0 Å². The molecule has 2 heteroatoms. The van der Waals surface area contributed by atoms with Crippen LogP contribution in [0.25, 0.3) is 0 Å². The Labute approximate surface area is 191 Å². The molecule has 0 saturated heterocycles. The van der Waals surface area contributed by atoms with Crippen molar-refractivity contribution in [3.8, 4) is 0 Å². The molecule has 0 fully saturated rings. The molecule has 1 atom stereocenters. The van der Waals surface area contributed by atoms with E-state index in [9.17, 15) is 0 Å². The maximum Gasteiger partial charge on any atom is 0.0808 e. The summed E-state index contributed by atoms with van der Waals surface area (Å²) in [6.45, 7) is 11.7. The average Bonchev–Trinajstić information content (AvgIpc) is 2.72. The molecule has 182 valence electrons. The van der Waals surface area contributed by atoms with Crippen LogP contribution in [0.15, 0.2) is 0 Å². The molecule has 0 aromatic heterocycles. The molecule has 1 unspecified atom stereocenters. The highest BCUT2D eigenvalue weighted by Crippen LogP contribution is 2.14. The molecule has 0 aliphatic rings. The second kappa shape index (κ2) is 25.2. The van der Waals surface area contributed by atoms with Crippen molar-refractivity contribution in [3.05, 3.63) is 0 Å². The van der Waals surface area contributed by atoms with E-state index < -0.39 is 0 Å². The van der Waals surface area contributed by atoms with Gasteiger partial charge in [0.15, 0.2) is 0 Å². The molecule has 0 rings (SSSR count). The number of hydrogen-bond acceptors (Lipinski definition) is 2. The number of ether oxygens (including phenoxy) is 2. The normalized spacial score (nSPS) is 12.7. The Morgan fingerprint density at radius 1 is 0.500 bits per heavy atom. The number of unbranched alkanes of at least 4 members (excludes halogenated alkanes) is 14. The highest BCUT2D eigenvalue weighted by molar-refractivity contribution is 4.56. The number of rotatable bonds is 25. The number of hydrogen-bond donors (Lipinski definition) is 0. The smallest absolute Gasteiger partial charge is 0.0808 e. The Morgan fingerprint density at radius 2 is 1.00 bits per heavy atom. The van der Waals surface area contributed by atoms with E-state index in [4.69, 9.17) is 9.47 Å². The third kappa shape index (κ3) is 24.2. The Morgan fingerprint density at radius 3 is 1.47 bits per heavy atom. The van der Waals surface area contributed by atoms with Crippen LogP contribution < -0.4 is 0 Å². The maximum absolute atomic E-state index is 5.93. The van der Waals surface area contributed by atoms with Crippen molar-refractivity contribution < 1.29 is 9.47 Å². The van der Waals surface area contributed by atoms with Gasteiger partial charge in [0.25, 0.3) is 0 Å². The quantitative estimate of drug-likeness (QED) is 0.135. The fraction of sp³-hybridized carbons (Fsp3) is 1.00. The Balaban J connectivity index is 3.21. The molecular formula is C28H58O2. The van der Waals surface area contributed by atoms with Crippen molar-refractivity contribution in [1.29, 1.82) is 0 Å². The van der Waals surface area contributed by atoms with E-state index in [1.54, 1.807) is 0 Å². The van der Waals surface area contributed by atoms with Gasteiger partial charge in [-0.15, -0.1) is 0 Å². The second-order valence-corrected chi connectivity index (χ2v) is 9.84. The third-order valence-electron chi connectivity index (χ3n) is 6.09. The molecule has 2 nitrogen and oxygen atoms in total. The van der Waals surface area contributed by atoms with E-state index >= 15 is 0 Å². The monoisotopic (exact) mass is 426 g/mol. The molecule has 0 N–H and O–H groups in total. The molecule has 0 radical (unpaired) electrons. The summed E-state index contributed by atoms with van der Waals surface area (Å²) < 4.78 is 11.8. The molecule has 0 aromatic carbocycles. The van der Waals surface area contributed by atoms with Gasteiger partial charge in [-0.2, -0.15) is 0 Å². The van der Waals surface area contributed by atoms with E-state index in [0.29, 0.717) is 6.10 Å². The van der Waals surface area contributed by atoms with Gasteiger partial charge in [-0.1, -0.05) is 130 Å². The molecule has 0 spiro atoms. The van der Waals surface area contributed by atoms with Crippen LogP contribution in [0.3, 0.4) is 0 Å². The summed E-state index contributed by atoms with van der Waals surface area (Å²) in [5, 5.41) is 0. The zero-order valence-electron chi connectivity index (χ0n) is 21.5. The molecule has 30 heavy (non-hydrogen) atoms. The summed E-state index contributed by atoms with van der Waals surface area (Å²) in [6, 6.07) is 0. The summed E-state index contributed by atoms with van der Waals surface area (Å²) in [6.07, 6.45) is 26.3. The van der Waals surface area contributed by atoms with Gasteiger partial charge in [0.05, 0.1) is 12.7 Å². The first-order valence-corrected chi connectivity index (χ1v) is 13.9. The van der Waals surface area contributed by atoms with Gasteiger partial charge < -0.3 is 9.47 Å². The highest BCUT2D eigenvalue weighted by Gasteiger charge is 2.07. The molecule has 0 aromatic rings. The summed E-state index contributed by atoms with van der Waals surface area (Å²) in [7, 11) is 0. The van der Waals surface area contributed by atoms with Crippen LogP contribution in [-0.2, 0) is 9.47 Å². The predicted molar refractivity (Wildman–Crippen MR) is 134 cm³/mol. The molecule has 0 bridgehead atoms. The average molecular weight is 427 g/mol. The lowest BCUT2D eigenvalue weighted by molar-refractivity contribution is -0.0223. The molecular weight excluding hydrogens is 368 g/mol. The Bertz CT molecular complexity index is 303. The Hall–Kier alpha value is -0.0800. The molecule has 0 aliphatic carbocycles. The van der Waals surface area contributed by atoms with Gasteiger partial charge in [0, 0.05) is 13.2 Å². The van der Waals surface area contributed by atoms with Crippen LogP contribution in [0.2, 0.25) is 0 Å². The largest absolute Gasteiger partial charge is 0.379 e. The van der Waals surface area contributed by atoms with Crippen LogP contribution in [0.1, 0.15) is 150 Å². The van der Waals surface area contributed by atoms with Crippen molar-refractivity contribution in [2.75, 3.05) is 19.8 Å². The maximum atomic E-state index is 5.93. The fourth-order valence-electron chi connectivity index (χ4n) is 4.02. The lowest BCUT2D eigenvalue weighted by Crippen LogP contribution is -2.20. The minimum absolute atomic E-state index is 0.312. The third-order valence-corrected chi connectivity index (χ3v) is 6.09. The van der Waals surface area contributed by atoms with Crippen molar-refractivity contribution >= 4 is 0 Å².